The highest BCUT2D eigenvalue weighted by atomic mass is 32.2. The molecular formula is C11H20N4O3S. The number of nitrogens with zero attached hydrogens (tertiary/aromatic N) is 2. The first kappa shape index (κ1) is 14.4. The summed E-state index contributed by atoms with van der Waals surface area (Å²) in [4.78, 5) is 0. The average Bonchev–Trinajstić information content (AvgIpc) is 3.06. The number of sulfonamides is 1. The van der Waals surface area contributed by atoms with Gasteiger partial charge >= 0.3 is 0 Å². The zero-order chi connectivity index (χ0) is 13.7. The van der Waals surface area contributed by atoms with Crippen LogP contribution in [0, 0.1) is 0 Å². The van der Waals surface area contributed by atoms with Gasteiger partial charge in [-0.1, -0.05) is 0 Å². The van der Waals surface area contributed by atoms with Gasteiger partial charge in [0.15, 0.2) is 5.03 Å². The summed E-state index contributed by atoms with van der Waals surface area (Å²) >= 11 is 0. The van der Waals surface area contributed by atoms with Crippen LogP contribution < -0.4 is 5.32 Å². The van der Waals surface area contributed by atoms with Crippen molar-refractivity contribution in [2.75, 3.05) is 33.4 Å². The number of hydrogen-bond acceptors (Lipinski definition) is 5. The Kier molecular flexibility index (Phi) is 4.92. The molecule has 0 radical (unpaired) electrons. The molecule has 0 bridgehead atoms. The Morgan fingerprint density at radius 3 is 3.00 bits per heavy atom. The Morgan fingerprint density at radius 2 is 2.42 bits per heavy atom. The summed E-state index contributed by atoms with van der Waals surface area (Å²) in [5.74, 6) is 0. The van der Waals surface area contributed by atoms with Crippen molar-refractivity contribution < 1.29 is 13.2 Å². The van der Waals surface area contributed by atoms with E-state index in [0.29, 0.717) is 19.7 Å². The Bertz CT molecular complexity index is 468. The summed E-state index contributed by atoms with van der Waals surface area (Å²) in [6, 6.07) is 1.69. The molecule has 0 spiro atoms. The van der Waals surface area contributed by atoms with Crippen molar-refractivity contribution in [3.63, 3.8) is 0 Å². The van der Waals surface area contributed by atoms with E-state index in [2.05, 4.69) is 15.5 Å². The fraction of sp³-hybridized carbons (Fsp3) is 0.727. The minimum absolute atomic E-state index is 0.126. The minimum Gasteiger partial charge on any atom is -0.383 e. The van der Waals surface area contributed by atoms with Crippen molar-refractivity contribution in [3.05, 3.63) is 12.3 Å². The molecule has 7 nitrogen and oxygen atoms in total. The third-order valence-corrected chi connectivity index (χ3v) is 5.02. The van der Waals surface area contributed by atoms with Crippen LogP contribution in [-0.4, -0.2) is 62.3 Å². The van der Waals surface area contributed by atoms with E-state index in [-0.39, 0.29) is 11.1 Å². The van der Waals surface area contributed by atoms with Gasteiger partial charge in [0.2, 0.25) is 0 Å². The molecule has 1 aromatic rings. The Labute approximate surface area is 113 Å². The van der Waals surface area contributed by atoms with Crippen molar-refractivity contribution in [2.24, 2.45) is 0 Å². The molecule has 1 atom stereocenters. The van der Waals surface area contributed by atoms with Gasteiger partial charge in [0.1, 0.15) is 0 Å². The van der Waals surface area contributed by atoms with E-state index >= 15 is 0 Å². The van der Waals surface area contributed by atoms with Gasteiger partial charge in [-0.3, -0.25) is 5.10 Å². The van der Waals surface area contributed by atoms with Gasteiger partial charge in [0, 0.05) is 26.2 Å². The molecule has 2 N–H and O–H groups in total. The first-order valence-corrected chi connectivity index (χ1v) is 7.80. The van der Waals surface area contributed by atoms with E-state index in [4.69, 9.17) is 4.74 Å². The van der Waals surface area contributed by atoms with Crippen molar-refractivity contribution in [3.8, 4) is 0 Å². The number of ether oxygens (including phenoxy) is 1. The molecule has 1 aliphatic heterocycles. The molecule has 1 unspecified atom stereocenters. The van der Waals surface area contributed by atoms with E-state index in [9.17, 15) is 8.42 Å². The van der Waals surface area contributed by atoms with Gasteiger partial charge in [-0.2, -0.15) is 9.40 Å². The lowest BCUT2D eigenvalue weighted by atomic mass is 10.2. The van der Waals surface area contributed by atoms with Crippen molar-refractivity contribution >= 4 is 10.0 Å². The Morgan fingerprint density at radius 1 is 1.58 bits per heavy atom. The van der Waals surface area contributed by atoms with E-state index in [1.54, 1.807) is 7.11 Å². The third-order valence-electron chi connectivity index (χ3n) is 3.22. The summed E-state index contributed by atoms with van der Waals surface area (Å²) in [5, 5.41) is 9.66. The molecule has 2 heterocycles. The number of hydrogen-bond donors (Lipinski definition) is 2. The quantitative estimate of drug-likeness (QED) is 0.725. The number of nitrogens with one attached hydrogen (secondary N) is 2. The molecule has 19 heavy (non-hydrogen) atoms. The van der Waals surface area contributed by atoms with Crippen LogP contribution in [0.15, 0.2) is 17.3 Å². The summed E-state index contributed by atoms with van der Waals surface area (Å²) in [6.07, 6.45) is 3.53. The van der Waals surface area contributed by atoms with Crippen LogP contribution in [0.1, 0.15) is 12.8 Å². The lowest BCUT2D eigenvalue weighted by Gasteiger charge is -2.24. The predicted molar refractivity (Wildman–Crippen MR) is 70.2 cm³/mol. The second-order valence-electron chi connectivity index (χ2n) is 4.57. The molecule has 1 aromatic heterocycles. The third kappa shape index (κ3) is 3.53. The van der Waals surface area contributed by atoms with Gasteiger partial charge < -0.3 is 10.1 Å². The summed E-state index contributed by atoms with van der Waals surface area (Å²) in [7, 11) is -1.96. The molecule has 0 saturated carbocycles. The molecule has 1 aliphatic rings. The number of methoxy groups -OCH3 is 1. The number of rotatable bonds is 7. The maximum absolute atomic E-state index is 12.5. The van der Waals surface area contributed by atoms with Crippen LogP contribution in [0.5, 0.6) is 0 Å². The molecule has 0 aliphatic carbocycles. The van der Waals surface area contributed by atoms with Crippen molar-refractivity contribution in [2.45, 2.75) is 23.9 Å². The summed E-state index contributed by atoms with van der Waals surface area (Å²) in [6.45, 7) is 2.13. The predicted octanol–water partition coefficient (Wildman–Crippen LogP) is -0.201. The number of aromatic nitrogens is 2. The Hall–Kier alpha value is -0.960. The molecule has 0 amide bonds. The largest absolute Gasteiger partial charge is 0.383 e. The summed E-state index contributed by atoms with van der Waals surface area (Å²) < 4.78 is 31.4. The van der Waals surface area contributed by atoms with Gasteiger partial charge in [0.05, 0.1) is 12.8 Å². The number of aromatic amines is 1. The fourth-order valence-electron chi connectivity index (χ4n) is 2.19. The molecule has 1 saturated heterocycles. The zero-order valence-electron chi connectivity index (χ0n) is 11.0. The maximum atomic E-state index is 12.5. The Balaban J connectivity index is 2.11. The van der Waals surface area contributed by atoms with Gasteiger partial charge in [-0.25, -0.2) is 8.42 Å². The highest BCUT2D eigenvalue weighted by molar-refractivity contribution is 7.89. The van der Waals surface area contributed by atoms with Crippen molar-refractivity contribution in [1.82, 2.24) is 19.8 Å². The highest BCUT2D eigenvalue weighted by Crippen LogP contribution is 2.15. The maximum Gasteiger partial charge on any atom is 0.260 e. The van der Waals surface area contributed by atoms with Gasteiger partial charge in [0.25, 0.3) is 10.0 Å². The SMILES string of the molecule is COCCN(CC1CCCN1)S(=O)(=O)c1ccn[nH]1. The van der Waals surface area contributed by atoms with E-state index in [1.165, 1.54) is 16.6 Å². The standard InChI is InChI=1S/C11H20N4O3S/c1-18-8-7-15(9-10-3-2-5-12-10)19(16,17)11-4-6-13-14-11/h4,6,10,12H,2-3,5,7-9H2,1H3,(H,13,14). The second-order valence-corrected chi connectivity index (χ2v) is 6.48. The molecule has 1 fully saturated rings. The highest BCUT2D eigenvalue weighted by Gasteiger charge is 2.28. The molecular weight excluding hydrogens is 268 g/mol. The minimum atomic E-state index is -3.52. The lowest BCUT2D eigenvalue weighted by molar-refractivity contribution is 0.176. The van der Waals surface area contributed by atoms with E-state index in [1.807, 2.05) is 0 Å². The first-order valence-electron chi connectivity index (χ1n) is 6.36. The van der Waals surface area contributed by atoms with E-state index < -0.39 is 10.0 Å². The molecule has 0 aromatic carbocycles. The second kappa shape index (κ2) is 6.47. The monoisotopic (exact) mass is 288 g/mol. The first-order chi connectivity index (χ1) is 9.14. The van der Waals surface area contributed by atoms with Crippen LogP contribution in [0.4, 0.5) is 0 Å². The van der Waals surface area contributed by atoms with Gasteiger partial charge in [-0.05, 0) is 25.5 Å². The molecule has 2 rings (SSSR count). The van der Waals surface area contributed by atoms with E-state index in [0.717, 1.165) is 19.4 Å². The smallest absolute Gasteiger partial charge is 0.260 e. The van der Waals surface area contributed by atoms with Crippen LogP contribution in [-0.2, 0) is 14.8 Å². The van der Waals surface area contributed by atoms with Crippen molar-refractivity contribution in [1.29, 1.82) is 0 Å². The normalized spacial score (nSPS) is 20.2. The van der Waals surface area contributed by atoms with Gasteiger partial charge in [-0.15, -0.1) is 0 Å². The zero-order valence-corrected chi connectivity index (χ0v) is 11.8. The molecule has 108 valence electrons. The van der Waals surface area contributed by atoms with Crippen LogP contribution in [0.3, 0.4) is 0 Å². The topological polar surface area (TPSA) is 87.3 Å². The van der Waals surface area contributed by atoms with Crippen LogP contribution >= 0.6 is 0 Å². The molecule has 8 heteroatoms. The number of H-pyrrole nitrogens is 1. The lowest BCUT2D eigenvalue weighted by Crippen LogP contribution is -2.42. The van der Waals surface area contributed by atoms with Crippen LogP contribution in [0.25, 0.3) is 0 Å². The summed E-state index contributed by atoms with van der Waals surface area (Å²) in [5.41, 5.74) is 0. The van der Waals surface area contributed by atoms with Crippen LogP contribution in [0.2, 0.25) is 0 Å². The average molecular weight is 288 g/mol. The fourth-order valence-corrected chi connectivity index (χ4v) is 3.56.